The fraction of sp³-hybridized carbons (Fsp3) is 0.217. The number of H-pyrrole nitrogens is 1. The van der Waals surface area contributed by atoms with Crippen LogP contribution in [0.4, 0.5) is 8.78 Å². The summed E-state index contributed by atoms with van der Waals surface area (Å²) in [6.07, 6.45) is 0. The third kappa shape index (κ3) is 3.58. The largest absolute Gasteiger partial charge is 0.346 e. The van der Waals surface area contributed by atoms with Gasteiger partial charge >= 0.3 is 0 Å². The van der Waals surface area contributed by atoms with Crippen molar-refractivity contribution in [1.29, 1.82) is 0 Å². The summed E-state index contributed by atoms with van der Waals surface area (Å²) in [4.78, 5) is 20.5. The quantitative estimate of drug-likeness (QED) is 0.477. The maximum atomic E-state index is 14.2. The highest BCUT2D eigenvalue weighted by molar-refractivity contribution is 5.60. The van der Waals surface area contributed by atoms with Crippen LogP contribution in [0.15, 0.2) is 48.5 Å². The van der Waals surface area contributed by atoms with E-state index in [-0.39, 0.29) is 5.56 Å². The van der Waals surface area contributed by atoms with Crippen molar-refractivity contribution >= 4 is 0 Å². The number of halogens is 2. The highest BCUT2D eigenvalue weighted by Crippen LogP contribution is 2.32. The number of aromatic nitrogens is 5. The summed E-state index contributed by atoms with van der Waals surface area (Å²) in [6, 6.07) is 13.6. The standard InChI is InChI=1S/C23H21F2N5/c1-13-21(27-14(2)26-13)17-8-6-10-19(29-17)23(3,4)18-9-5-7-16(28-18)15-11-12-20(24)30-22(15)25/h5-12H,1-4H3,(H,26,27). The first kappa shape index (κ1) is 19.8. The van der Waals surface area contributed by atoms with Gasteiger partial charge in [0.1, 0.15) is 11.5 Å². The number of aromatic amines is 1. The van der Waals surface area contributed by atoms with Crippen LogP contribution < -0.4 is 0 Å². The first-order valence-corrected chi connectivity index (χ1v) is 9.57. The number of pyridine rings is 3. The van der Waals surface area contributed by atoms with Crippen molar-refractivity contribution in [2.45, 2.75) is 33.1 Å². The zero-order valence-corrected chi connectivity index (χ0v) is 17.2. The van der Waals surface area contributed by atoms with Crippen LogP contribution in [0.5, 0.6) is 0 Å². The number of rotatable bonds is 4. The van der Waals surface area contributed by atoms with Gasteiger partial charge in [0.05, 0.1) is 28.3 Å². The van der Waals surface area contributed by atoms with Gasteiger partial charge in [-0.3, -0.25) is 9.97 Å². The zero-order chi connectivity index (χ0) is 21.5. The number of imidazole rings is 1. The summed E-state index contributed by atoms with van der Waals surface area (Å²) >= 11 is 0. The van der Waals surface area contributed by atoms with Crippen molar-refractivity contribution < 1.29 is 8.78 Å². The molecule has 0 aliphatic carbocycles. The first-order chi connectivity index (χ1) is 14.3. The van der Waals surface area contributed by atoms with Crippen molar-refractivity contribution in [3.05, 3.63) is 83.3 Å². The molecule has 0 unspecified atom stereocenters. The molecule has 4 heterocycles. The van der Waals surface area contributed by atoms with Gasteiger partial charge in [-0.25, -0.2) is 4.98 Å². The predicted molar refractivity (Wildman–Crippen MR) is 111 cm³/mol. The van der Waals surface area contributed by atoms with E-state index >= 15 is 0 Å². The summed E-state index contributed by atoms with van der Waals surface area (Å²) < 4.78 is 27.3. The van der Waals surface area contributed by atoms with Gasteiger partial charge in [0.2, 0.25) is 11.9 Å². The van der Waals surface area contributed by atoms with Gasteiger partial charge in [0, 0.05) is 11.1 Å². The van der Waals surface area contributed by atoms with Gasteiger partial charge in [-0.2, -0.15) is 13.8 Å². The molecule has 0 fully saturated rings. The van der Waals surface area contributed by atoms with Gasteiger partial charge in [0.25, 0.3) is 0 Å². The lowest BCUT2D eigenvalue weighted by Crippen LogP contribution is -2.22. The molecule has 1 N–H and O–H groups in total. The van der Waals surface area contributed by atoms with Crippen molar-refractivity contribution in [3.63, 3.8) is 0 Å². The summed E-state index contributed by atoms with van der Waals surface area (Å²) in [5.74, 6) is -0.919. The fourth-order valence-corrected chi connectivity index (χ4v) is 3.44. The fourth-order valence-electron chi connectivity index (χ4n) is 3.44. The van der Waals surface area contributed by atoms with Gasteiger partial charge in [-0.15, -0.1) is 0 Å². The molecule has 4 aromatic heterocycles. The highest BCUT2D eigenvalue weighted by atomic mass is 19.1. The molecule has 7 heteroatoms. The topological polar surface area (TPSA) is 67.3 Å². The number of aryl methyl sites for hydroxylation is 2. The van der Waals surface area contributed by atoms with Crippen LogP contribution >= 0.6 is 0 Å². The molecule has 30 heavy (non-hydrogen) atoms. The van der Waals surface area contributed by atoms with Crippen LogP contribution in [0.1, 0.15) is 36.8 Å². The molecule has 5 nitrogen and oxygen atoms in total. The molecule has 0 bridgehead atoms. The highest BCUT2D eigenvalue weighted by Gasteiger charge is 2.27. The third-order valence-corrected chi connectivity index (χ3v) is 5.12. The van der Waals surface area contributed by atoms with E-state index in [1.807, 2.05) is 52.0 Å². The Hall–Kier alpha value is -3.48. The minimum atomic E-state index is -0.887. The van der Waals surface area contributed by atoms with Crippen LogP contribution in [0.25, 0.3) is 22.6 Å². The van der Waals surface area contributed by atoms with E-state index in [2.05, 4.69) is 19.9 Å². The molecule has 0 atom stereocenters. The Morgan fingerprint density at radius 2 is 1.40 bits per heavy atom. The van der Waals surface area contributed by atoms with E-state index < -0.39 is 17.3 Å². The summed E-state index contributed by atoms with van der Waals surface area (Å²) in [5.41, 5.74) is 4.03. The average Bonchev–Trinajstić information content (AvgIpc) is 3.06. The molecule has 152 valence electrons. The maximum absolute atomic E-state index is 14.2. The summed E-state index contributed by atoms with van der Waals surface area (Å²) in [7, 11) is 0. The van der Waals surface area contributed by atoms with Crippen LogP contribution in [0.3, 0.4) is 0 Å². The Labute approximate surface area is 173 Å². The van der Waals surface area contributed by atoms with Gasteiger partial charge < -0.3 is 4.98 Å². The molecule has 4 rings (SSSR count). The Morgan fingerprint density at radius 3 is 2.00 bits per heavy atom. The van der Waals surface area contributed by atoms with E-state index in [9.17, 15) is 8.78 Å². The average molecular weight is 405 g/mol. The van der Waals surface area contributed by atoms with Crippen molar-refractivity contribution in [2.75, 3.05) is 0 Å². The lowest BCUT2D eigenvalue weighted by molar-refractivity contribution is 0.514. The van der Waals surface area contributed by atoms with Crippen LogP contribution in [0, 0.1) is 25.7 Å². The molecule has 0 aliphatic rings. The maximum Gasteiger partial charge on any atom is 0.224 e. The Morgan fingerprint density at radius 1 is 0.767 bits per heavy atom. The second-order valence-electron chi connectivity index (χ2n) is 7.71. The summed E-state index contributed by atoms with van der Waals surface area (Å²) in [5, 5.41) is 0. The van der Waals surface area contributed by atoms with Crippen LogP contribution in [-0.2, 0) is 5.41 Å². The normalized spacial score (nSPS) is 11.7. The zero-order valence-electron chi connectivity index (χ0n) is 17.2. The third-order valence-electron chi connectivity index (χ3n) is 5.12. The molecule has 0 saturated heterocycles. The second kappa shape index (κ2) is 7.40. The molecule has 4 aromatic rings. The molecule has 0 saturated carbocycles. The van der Waals surface area contributed by atoms with E-state index in [1.54, 1.807) is 12.1 Å². The minimum absolute atomic E-state index is 0.151. The molecule has 0 radical (unpaired) electrons. The summed E-state index contributed by atoms with van der Waals surface area (Å²) in [6.45, 7) is 7.88. The van der Waals surface area contributed by atoms with E-state index in [4.69, 9.17) is 4.98 Å². The van der Waals surface area contributed by atoms with E-state index in [1.165, 1.54) is 6.07 Å². The van der Waals surface area contributed by atoms with Gasteiger partial charge in [0.15, 0.2) is 0 Å². The number of hydrogen-bond acceptors (Lipinski definition) is 4. The van der Waals surface area contributed by atoms with Crippen molar-refractivity contribution in [3.8, 4) is 22.6 Å². The molecular formula is C23H21F2N5. The molecule has 0 aromatic carbocycles. The molecular weight excluding hydrogens is 384 g/mol. The van der Waals surface area contributed by atoms with Crippen LogP contribution in [0.2, 0.25) is 0 Å². The van der Waals surface area contributed by atoms with Gasteiger partial charge in [-0.05, 0) is 64.1 Å². The number of hydrogen-bond donors (Lipinski definition) is 1. The Balaban J connectivity index is 1.76. The van der Waals surface area contributed by atoms with E-state index in [0.29, 0.717) is 11.4 Å². The number of nitrogens with one attached hydrogen (secondary N) is 1. The van der Waals surface area contributed by atoms with Crippen LogP contribution in [-0.4, -0.2) is 24.9 Å². The number of nitrogens with zero attached hydrogens (tertiary/aromatic N) is 4. The monoisotopic (exact) mass is 405 g/mol. The first-order valence-electron chi connectivity index (χ1n) is 9.57. The lowest BCUT2D eigenvalue weighted by atomic mass is 9.84. The SMILES string of the molecule is Cc1nc(-c2cccc(C(C)(C)c3cccc(-c4ccc(F)nc4F)n3)n2)c(C)[nH]1. The van der Waals surface area contributed by atoms with E-state index in [0.717, 1.165) is 34.7 Å². The molecule has 0 aliphatic heterocycles. The Bertz CT molecular complexity index is 1230. The molecule has 0 spiro atoms. The van der Waals surface area contributed by atoms with Gasteiger partial charge in [-0.1, -0.05) is 12.1 Å². The Kier molecular flexibility index (Phi) is 4.89. The lowest BCUT2D eigenvalue weighted by Gasteiger charge is -2.24. The van der Waals surface area contributed by atoms with Crippen molar-refractivity contribution in [2.24, 2.45) is 0 Å². The predicted octanol–water partition coefficient (Wildman–Crippen LogP) is 5.15. The minimum Gasteiger partial charge on any atom is -0.346 e. The second-order valence-corrected chi connectivity index (χ2v) is 7.71. The van der Waals surface area contributed by atoms with Crippen molar-refractivity contribution in [1.82, 2.24) is 24.9 Å². The molecule has 0 amide bonds. The smallest absolute Gasteiger partial charge is 0.224 e.